The predicted octanol–water partition coefficient (Wildman–Crippen LogP) is 3.46. The summed E-state index contributed by atoms with van der Waals surface area (Å²) in [6.07, 6.45) is 6.31. The van der Waals surface area contributed by atoms with Crippen LogP contribution in [0.1, 0.15) is 17.8 Å². The van der Waals surface area contributed by atoms with Crippen molar-refractivity contribution in [3.8, 4) is 11.3 Å². The first-order chi connectivity index (χ1) is 12.7. The van der Waals surface area contributed by atoms with Gasteiger partial charge in [-0.25, -0.2) is 9.37 Å². The van der Waals surface area contributed by atoms with Gasteiger partial charge in [0.2, 0.25) is 0 Å². The maximum absolute atomic E-state index is 13.6. The second-order valence-corrected chi connectivity index (χ2v) is 7.22. The van der Waals surface area contributed by atoms with E-state index >= 15 is 0 Å². The number of halogens is 1. The normalized spacial score (nSPS) is 22.8. The molecule has 1 saturated heterocycles. The molecule has 5 rings (SSSR count). The van der Waals surface area contributed by atoms with Crippen molar-refractivity contribution < 1.29 is 13.5 Å². The monoisotopic (exact) mass is 353 g/mol. The first-order valence-electron chi connectivity index (χ1n) is 8.89. The molecule has 1 atom stereocenters. The van der Waals surface area contributed by atoms with Crippen LogP contribution in [-0.2, 0) is 24.4 Å². The Morgan fingerprint density at radius 3 is 3.04 bits per heavy atom. The summed E-state index contributed by atoms with van der Waals surface area (Å²) in [6.45, 7) is 3.98. The number of rotatable bonds is 3. The quantitative estimate of drug-likeness (QED) is 0.723. The van der Waals surface area contributed by atoms with Gasteiger partial charge in [0.1, 0.15) is 23.8 Å². The zero-order chi connectivity index (χ0) is 17.6. The minimum absolute atomic E-state index is 0.209. The van der Waals surface area contributed by atoms with E-state index < -0.39 is 0 Å². The Bertz CT molecular complexity index is 921. The van der Waals surface area contributed by atoms with Crippen molar-refractivity contribution in [2.45, 2.75) is 31.7 Å². The number of fused-ring (bicyclic) bond motifs is 1. The summed E-state index contributed by atoms with van der Waals surface area (Å²) in [4.78, 5) is 6.88. The van der Waals surface area contributed by atoms with Crippen LogP contribution in [0.2, 0.25) is 0 Å². The average Bonchev–Trinajstić information content (AvgIpc) is 3.36. The number of hydrogen-bond donors (Lipinski definition) is 0. The molecule has 0 radical (unpaired) electrons. The smallest absolute Gasteiger partial charge is 0.135 e. The van der Waals surface area contributed by atoms with Crippen LogP contribution in [0.4, 0.5) is 4.39 Å². The summed E-state index contributed by atoms with van der Waals surface area (Å²) in [5.74, 6) is 0.676. The highest BCUT2D eigenvalue weighted by molar-refractivity contribution is 5.59. The van der Waals surface area contributed by atoms with Gasteiger partial charge in [-0.2, -0.15) is 0 Å². The molecule has 2 aromatic heterocycles. The zero-order valence-corrected chi connectivity index (χ0v) is 14.4. The first-order valence-corrected chi connectivity index (χ1v) is 8.89. The number of furan rings is 1. The molecule has 0 bridgehead atoms. The van der Waals surface area contributed by atoms with E-state index in [2.05, 4.69) is 14.5 Å². The maximum atomic E-state index is 13.6. The summed E-state index contributed by atoms with van der Waals surface area (Å²) in [7, 11) is 0. The highest BCUT2D eigenvalue weighted by Gasteiger charge is 2.43. The average molecular weight is 353 g/mol. The Morgan fingerprint density at radius 1 is 1.23 bits per heavy atom. The van der Waals surface area contributed by atoms with Crippen molar-refractivity contribution in [2.24, 2.45) is 0 Å². The summed E-state index contributed by atoms with van der Waals surface area (Å²) >= 11 is 0. The highest BCUT2D eigenvalue weighted by Crippen LogP contribution is 2.35. The van der Waals surface area contributed by atoms with E-state index in [-0.39, 0.29) is 11.4 Å². The van der Waals surface area contributed by atoms with Crippen molar-refractivity contribution >= 4 is 0 Å². The lowest BCUT2D eigenvalue weighted by Gasteiger charge is -2.35. The number of benzene rings is 1. The Balaban J connectivity index is 1.39. The van der Waals surface area contributed by atoms with E-state index in [0.29, 0.717) is 6.61 Å². The summed E-state index contributed by atoms with van der Waals surface area (Å²) in [5.41, 5.74) is 2.78. The minimum Gasteiger partial charge on any atom is -0.472 e. The molecule has 26 heavy (non-hydrogen) atoms. The second-order valence-electron chi connectivity index (χ2n) is 7.22. The fourth-order valence-electron chi connectivity index (χ4n) is 4.09. The molecule has 2 aliphatic heterocycles. The number of ether oxygens (including phenoxy) is 1. The first kappa shape index (κ1) is 15.8. The molecule has 134 valence electrons. The molecule has 4 heterocycles. The van der Waals surface area contributed by atoms with Crippen LogP contribution in [-0.4, -0.2) is 33.1 Å². The molecule has 0 saturated carbocycles. The maximum Gasteiger partial charge on any atom is 0.135 e. The number of nitrogens with zero attached hydrogens (tertiary/aromatic N) is 3. The van der Waals surface area contributed by atoms with Gasteiger partial charge in [0.05, 0.1) is 31.0 Å². The van der Waals surface area contributed by atoms with Crippen LogP contribution in [0.15, 0.2) is 53.5 Å². The number of likely N-dealkylation sites (tertiary alicyclic amines) is 1. The van der Waals surface area contributed by atoms with Crippen molar-refractivity contribution in [3.63, 3.8) is 0 Å². The second kappa shape index (κ2) is 6.07. The molecule has 0 amide bonds. The predicted molar refractivity (Wildman–Crippen MR) is 93.7 cm³/mol. The Kier molecular flexibility index (Phi) is 3.69. The van der Waals surface area contributed by atoms with E-state index in [0.717, 1.165) is 49.7 Å². The lowest BCUT2D eigenvalue weighted by molar-refractivity contribution is -0.0821. The Hall–Kier alpha value is -2.44. The van der Waals surface area contributed by atoms with Gasteiger partial charge in [-0.15, -0.1) is 0 Å². The summed E-state index contributed by atoms with van der Waals surface area (Å²) in [6, 6.07) is 8.69. The molecule has 0 unspecified atom stereocenters. The van der Waals surface area contributed by atoms with Gasteiger partial charge >= 0.3 is 0 Å². The molecule has 1 spiro atoms. The van der Waals surface area contributed by atoms with Crippen molar-refractivity contribution in [3.05, 3.63) is 66.3 Å². The fraction of sp³-hybridized carbons (Fsp3) is 0.350. The van der Waals surface area contributed by atoms with Gasteiger partial charge in [-0.05, 0) is 24.6 Å². The SMILES string of the molecule is Fc1cccc(-c2cnc3n2C[C@@]2(CCN(Cc4ccoc4)C2)OC3)c1. The number of aromatic nitrogens is 2. The third-order valence-electron chi connectivity index (χ3n) is 5.39. The highest BCUT2D eigenvalue weighted by atomic mass is 19.1. The molecule has 0 aliphatic carbocycles. The molecular formula is C20H20FN3O2. The van der Waals surface area contributed by atoms with E-state index in [4.69, 9.17) is 9.15 Å². The standard InChI is InChI=1S/C20H20FN3O2/c21-17-3-1-2-16(8-17)18-9-22-19-12-26-20(14-24(18)19)5-6-23(13-20)10-15-4-7-25-11-15/h1-4,7-9,11H,5-6,10,12-14H2/t20-/m0/s1. The van der Waals surface area contributed by atoms with Crippen molar-refractivity contribution in [1.29, 1.82) is 0 Å². The van der Waals surface area contributed by atoms with Crippen LogP contribution < -0.4 is 0 Å². The van der Waals surface area contributed by atoms with E-state index in [1.165, 1.54) is 11.6 Å². The van der Waals surface area contributed by atoms with Crippen LogP contribution >= 0.6 is 0 Å². The van der Waals surface area contributed by atoms with Gasteiger partial charge in [-0.3, -0.25) is 4.90 Å². The lowest BCUT2D eigenvalue weighted by Crippen LogP contribution is -2.44. The number of hydrogen-bond acceptors (Lipinski definition) is 4. The van der Waals surface area contributed by atoms with Gasteiger partial charge < -0.3 is 13.7 Å². The third kappa shape index (κ3) is 2.75. The van der Waals surface area contributed by atoms with Gasteiger partial charge in [0.25, 0.3) is 0 Å². The molecular weight excluding hydrogens is 333 g/mol. The van der Waals surface area contributed by atoms with Crippen LogP contribution in [0.25, 0.3) is 11.3 Å². The van der Waals surface area contributed by atoms with Crippen LogP contribution in [0.5, 0.6) is 0 Å². The molecule has 6 heteroatoms. The zero-order valence-electron chi connectivity index (χ0n) is 14.4. The van der Waals surface area contributed by atoms with Gasteiger partial charge in [0.15, 0.2) is 0 Å². The van der Waals surface area contributed by atoms with Crippen LogP contribution in [0, 0.1) is 5.82 Å². The lowest BCUT2D eigenvalue weighted by atomic mass is 10.0. The van der Waals surface area contributed by atoms with E-state index in [1.54, 1.807) is 24.7 Å². The largest absolute Gasteiger partial charge is 0.472 e. The van der Waals surface area contributed by atoms with Gasteiger partial charge in [-0.1, -0.05) is 12.1 Å². The molecule has 1 aromatic carbocycles. The molecule has 2 aliphatic rings. The Labute approximate surface area is 151 Å². The third-order valence-corrected chi connectivity index (χ3v) is 5.39. The number of imidazole rings is 1. The van der Waals surface area contributed by atoms with Crippen LogP contribution in [0.3, 0.4) is 0 Å². The van der Waals surface area contributed by atoms with E-state index in [1.807, 2.05) is 18.3 Å². The molecule has 1 fully saturated rings. The molecule has 0 N–H and O–H groups in total. The minimum atomic E-state index is -0.230. The van der Waals surface area contributed by atoms with Gasteiger partial charge in [0, 0.05) is 30.8 Å². The molecule has 3 aromatic rings. The van der Waals surface area contributed by atoms with Crippen molar-refractivity contribution in [1.82, 2.24) is 14.5 Å². The topological polar surface area (TPSA) is 43.4 Å². The van der Waals surface area contributed by atoms with E-state index in [9.17, 15) is 4.39 Å². The summed E-state index contributed by atoms with van der Waals surface area (Å²) in [5, 5.41) is 0. The molecule has 5 nitrogen and oxygen atoms in total. The van der Waals surface area contributed by atoms with Crippen molar-refractivity contribution in [2.75, 3.05) is 13.1 Å². The summed E-state index contributed by atoms with van der Waals surface area (Å²) < 4.78 is 27.3. The fourth-order valence-corrected chi connectivity index (χ4v) is 4.09. The Morgan fingerprint density at radius 2 is 2.19 bits per heavy atom.